The second kappa shape index (κ2) is 5.33. The number of rotatable bonds is 2. The number of nitrogens with zero attached hydrogens (tertiary/aromatic N) is 2. The second-order valence-corrected chi connectivity index (χ2v) is 5.20. The number of hydrogen-bond acceptors (Lipinski definition) is 2. The van der Waals surface area contributed by atoms with E-state index in [1.807, 2.05) is 12.1 Å². The van der Waals surface area contributed by atoms with Crippen LogP contribution in [0.1, 0.15) is 1.43 Å². The van der Waals surface area contributed by atoms with Crippen LogP contribution in [-0.2, 0) is 10.8 Å². The molecular weight excluding hydrogens is 260 g/mol. The number of aromatic amines is 1. The average molecular weight is 271 g/mol. The van der Waals surface area contributed by atoms with Crippen LogP contribution in [0.3, 0.4) is 0 Å². The van der Waals surface area contributed by atoms with Crippen molar-refractivity contribution in [2.75, 3.05) is 6.26 Å². The van der Waals surface area contributed by atoms with Gasteiger partial charge < -0.3 is 11.0 Å². The fourth-order valence-corrected chi connectivity index (χ4v) is 2.31. The maximum Gasteiger partial charge on any atom is 1.00 e. The van der Waals surface area contributed by atoms with E-state index in [4.69, 9.17) is 0 Å². The predicted molar refractivity (Wildman–Crippen MR) is 68.8 cm³/mol. The largest absolute Gasteiger partial charge is 1.00 e. The van der Waals surface area contributed by atoms with E-state index in [9.17, 15) is 8.60 Å². The molecule has 0 saturated carbocycles. The summed E-state index contributed by atoms with van der Waals surface area (Å²) in [6.07, 6.45) is 5.05. The molecule has 0 aliphatic rings. The molecule has 1 unspecified atom stereocenters. The summed E-state index contributed by atoms with van der Waals surface area (Å²) in [4.78, 5) is 7.04. The quantitative estimate of drug-likeness (QED) is 0.630. The van der Waals surface area contributed by atoms with Crippen LogP contribution in [0.15, 0.2) is 41.8 Å². The zero-order valence-electron chi connectivity index (χ0n) is 11.6. The van der Waals surface area contributed by atoms with Crippen molar-refractivity contribution in [2.24, 2.45) is 0 Å². The summed E-state index contributed by atoms with van der Waals surface area (Å²) in [5, 5.41) is 0.356. The SMILES string of the molecule is CS(=O)c1nc2cc(-n3cccc3)c(F)cc2[nH]1.[H-].[Li+]. The molecule has 2 heterocycles. The Morgan fingerprint density at radius 2 is 2.05 bits per heavy atom. The summed E-state index contributed by atoms with van der Waals surface area (Å²) in [7, 11) is -1.21. The third kappa shape index (κ3) is 2.52. The second-order valence-electron chi connectivity index (χ2n) is 3.91. The predicted octanol–water partition coefficient (Wildman–Crippen LogP) is -0.653. The first-order chi connectivity index (χ1) is 8.65. The molecule has 1 atom stereocenters. The summed E-state index contributed by atoms with van der Waals surface area (Å²) in [5.41, 5.74) is 1.58. The van der Waals surface area contributed by atoms with Crippen molar-refractivity contribution < 1.29 is 28.9 Å². The van der Waals surface area contributed by atoms with E-state index in [0.29, 0.717) is 21.9 Å². The summed E-state index contributed by atoms with van der Waals surface area (Å²) in [5.74, 6) is -0.351. The number of fused-ring (bicyclic) bond motifs is 1. The Morgan fingerprint density at radius 3 is 2.68 bits per heavy atom. The number of aromatic nitrogens is 3. The summed E-state index contributed by atoms with van der Waals surface area (Å²) >= 11 is 0. The van der Waals surface area contributed by atoms with E-state index in [1.165, 1.54) is 12.3 Å². The third-order valence-corrected chi connectivity index (χ3v) is 3.42. The Kier molecular flexibility index (Phi) is 3.95. The molecule has 3 rings (SSSR count). The monoisotopic (exact) mass is 271 g/mol. The van der Waals surface area contributed by atoms with Gasteiger partial charge in [-0.25, -0.2) is 9.37 Å². The van der Waals surface area contributed by atoms with Gasteiger partial charge >= 0.3 is 18.9 Å². The molecule has 0 fully saturated rings. The van der Waals surface area contributed by atoms with E-state index in [1.54, 1.807) is 23.0 Å². The molecule has 0 spiro atoms. The van der Waals surface area contributed by atoms with Crippen LogP contribution >= 0.6 is 0 Å². The van der Waals surface area contributed by atoms with Crippen LogP contribution in [0.5, 0.6) is 0 Å². The summed E-state index contributed by atoms with van der Waals surface area (Å²) in [6, 6.07) is 6.65. The maximum absolute atomic E-state index is 13.9. The number of hydrogen-bond donors (Lipinski definition) is 1. The van der Waals surface area contributed by atoms with E-state index in [2.05, 4.69) is 9.97 Å². The van der Waals surface area contributed by atoms with E-state index in [-0.39, 0.29) is 26.1 Å². The molecule has 3 aromatic rings. The molecule has 0 amide bonds. The van der Waals surface area contributed by atoms with E-state index in [0.717, 1.165) is 0 Å². The van der Waals surface area contributed by atoms with Gasteiger partial charge in [0.2, 0.25) is 0 Å². The molecule has 7 heteroatoms. The van der Waals surface area contributed by atoms with Gasteiger partial charge in [0.15, 0.2) is 5.16 Å². The number of imidazole rings is 1. The Hall–Kier alpha value is -1.35. The fraction of sp³-hybridized carbons (Fsp3) is 0.0833. The zero-order chi connectivity index (χ0) is 12.7. The summed E-state index contributed by atoms with van der Waals surface area (Å²) < 4.78 is 27.0. The first kappa shape index (κ1) is 14.1. The molecule has 0 aliphatic heterocycles. The number of halogens is 1. The van der Waals surface area contributed by atoms with Crippen molar-refractivity contribution in [1.82, 2.24) is 14.5 Å². The first-order valence-electron chi connectivity index (χ1n) is 5.31. The van der Waals surface area contributed by atoms with Crippen LogP contribution < -0.4 is 18.9 Å². The Balaban J connectivity index is 0.000001000. The van der Waals surface area contributed by atoms with Gasteiger partial charge in [0.1, 0.15) is 5.82 Å². The molecule has 0 bridgehead atoms. The minimum absolute atomic E-state index is 0. The minimum atomic E-state index is -1.21. The molecule has 4 nitrogen and oxygen atoms in total. The smallest absolute Gasteiger partial charge is 1.00 e. The van der Waals surface area contributed by atoms with Gasteiger partial charge in [-0.05, 0) is 18.2 Å². The molecule has 2 aromatic heterocycles. The van der Waals surface area contributed by atoms with Gasteiger partial charge in [-0.3, -0.25) is 4.21 Å². The van der Waals surface area contributed by atoms with Crippen molar-refractivity contribution >= 4 is 21.8 Å². The topological polar surface area (TPSA) is 50.7 Å². The number of nitrogens with one attached hydrogen (secondary N) is 1. The van der Waals surface area contributed by atoms with Gasteiger partial charge in [0, 0.05) is 24.7 Å². The van der Waals surface area contributed by atoms with Crippen molar-refractivity contribution in [3.05, 3.63) is 42.5 Å². The van der Waals surface area contributed by atoms with Crippen LogP contribution in [0.4, 0.5) is 4.39 Å². The molecule has 0 radical (unpaired) electrons. The average Bonchev–Trinajstić information content (AvgIpc) is 2.95. The molecule has 94 valence electrons. The van der Waals surface area contributed by atoms with Crippen molar-refractivity contribution in [2.45, 2.75) is 5.16 Å². The van der Waals surface area contributed by atoms with Crippen LogP contribution in [0, 0.1) is 5.82 Å². The number of benzene rings is 1. The van der Waals surface area contributed by atoms with Gasteiger partial charge in [-0.2, -0.15) is 0 Å². The van der Waals surface area contributed by atoms with Crippen molar-refractivity contribution in [1.29, 1.82) is 0 Å². The number of H-pyrrole nitrogens is 1. The van der Waals surface area contributed by atoms with Crippen LogP contribution in [-0.4, -0.2) is 25.0 Å². The standard InChI is InChI=1S/C12H10FN3OS.Li.H/c1-18(17)12-14-9-6-8(13)11(7-10(9)15-12)16-4-2-3-5-16;;/h2-7H,1H3,(H,14,15);;/q;+1;-1. The van der Waals surface area contributed by atoms with E-state index < -0.39 is 10.8 Å². The van der Waals surface area contributed by atoms with Crippen molar-refractivity contribution in [3.63, 3.8) is 0 Å². The molecule has 19 heavy (non-hydrogen) atoms. The molecule has 1 N–H and O–H groups in total. The van der Waals surface area contributed by atoms with Crippen molar-refractivity contribution in [3.8, 4) is 5.69 Å². The molecular formula is C12H11FLiN3OS. The molecule has 1 aromatic carbocycles. The van der Waals surface area contributed by atoms with Gasteiger partial charge in [-0.15, -0.1) is 0 Å². The minimum Gasteiger partial charge on any atom is -1.00 e. The fourth-order valence-electron chi connectivity index (χ4n) is 1.83. The van der Waals surface area contributed by atoms with E-state index >= 15 is 0 Å². The van der Waals surface area contributed by atoms with Gasteiger partial charge in [-0.1, -0.05) is 0 Å². The summed E-state index contributed by atoms with van der Waals surface area (Å²) in [6.45, 7) is 0. The Bertz CT molecular complexity index is 745. The van der Waals surface area contributed by atoms with Gasteiger partial charge in [0.25, 0.3) is 0 Å². The maximum atomic E-state index is 13.9. The van der Waals surface area contributed by atoms with Crippen LogP contribution in [0.2, 0.25) is 0 Å². The molecule has 0 aliphatic carbocycles. The molecule has 0 saturated heterocycles. The zero-order valence-corrected chi connectivity index (χ0v) is 11.4. The Morgan fingerprint density at radius 1 is 1.37 bits per heavy atom. The van der Waals surface area contributed by atoms with Crippen LogP contribution in [0.25, 0.3) is 16.7 Å². The van der Waals surface area contributed by atoms with Gasteiger partial charge in [0.05, 0.1) is 27.5 Å². The Labute approximate surface area is 125 Å². The normalized spacial score (nSPS) is 12.3. The third-order valence-electron chi connectivity index (χ3n) is 2.68. The first-order valence-corrected chi connectivity index (χ1v) is 6.87.